The third-order valence-corrected chi connectivity index (χ3v) is 4.75. The Morgan fingerprint density at radius 2 is 1.95 bits per heavy atom. The molecule has 0 radical (unpaired) electrons. The third-order valence-electron chi connectivity index (χ3n) is 4.75. The van der Waals surface area contributed by atoms with E-state index >= 15 is 0 Å². The Hall–Kier alpha value is -0.900. The number of benzene rings is 1. The first-order valence-electron chi connectivity index (χ1n) is 8.08. The van der Waals surface area contributed by atoms with Gasteiger partial charge in [-0.3, -0.25) is 4.84 Å². The van der Waals surface area contributed by atoms with Crippen LogP contribution >= 0.6 is 0 Å². The van der Waals surface area contributed by atoms with Gasteiger partial charge in [0.15, 0.2) is 0 Å². The molecule has 1 aromatic carbocycles. The lowest BCUT2D eigenvalue weighted by molar-refractivity contribution is -0.00987. The van der Waals surface area contributed by atoms with Gasteiger partial charge in [-0.05, 0) is 43.7 Å². The van der Waals surface area contributed by atoms with Gasteiger partial charge in [-0.15, -0.1) is 0 Å². The zero-order valence-corrected chi connectivity index (χ0v) is 12.2. The Balaban J connectivity index is 1.46. The third kappa shape index (κ3) is 3.60. The number of hydroxylamine groups is 1. The van der Waals surface area contributed by atoms with E-state index in [1.54, 1.807) is 0 Å². The second-order valence-corrected chi connectivity index (χ2v) is 6.15. The Morgan fingerprint density at radius 3 is 2.75 bits per heavy atom. The molecule has 3 heteroatoms. The highest BCUT2D eigenvalue weighted by atomic mass is 16.6. The summed E-state index contributed by atoms with van der Waals surface area (Å²) in [4.78, 5) is 5.75. The van der Waals surface area contributed by atoms with Crippen LogP contribution in [0.1, 0.15) is 44.1 Å². The maximum absolute atomic E-state index is 5.75. The van der Waals surface area contributed by atoms with E-state index in [1.165, 1.54) is 50.6 Å². The fourth-order valence-electron chi connectivity index (χ4n) is 3.67. The van der Waals surface area contributed by atoms with Crippen molar-refractivity contribution in [2.45, 2.75) is 57.2 Å². The van der Waals surface area contributed by atoms with E-state index in [4.69, 9.17) is 4.84 Å². The minimum Gasteiger partial charge on any atom is -0.314 e. The van der Waals surface area contributed by atoms with Crippen molar-refractivity contribution >= 4 is 0 Å². The van der Waals surface area contributed by atoms with E-state index in [0.717, 1.165) is 5.92 Å². The highest BCUT2D eigenvalue weighted by molar-refractivity contribution is 5.13. The van der Waals surface area contributed by atoms with Crippen molar-refractivity contribution in [1.82, 2.24) is 10.8 Å². The quantitative estimate of drug-likeness (QED) is 0.810. The lowest BCUT2D eigenvalue weighted by Gasteiger charge is -2.32. The van der Waals surface area contributed by atoms with E-state index in [-0.39, 0.29) is 0 Å². The van der Waals surface area contributed by atoms with Gasteiger partial charge in [-0.25, -0.2) is 0 Å². The fraction of sp³-hybridized carbons (Fsp3) is 0.647. The molecule has 0 amide bonds. The molecule has 0 bridgehead atoms. The van der Waals surface area contributed by atoms with Crippen LogP contribution in [0.2, 0.25) is 0 Å². The SMILES string of the molecule is c1ccc(CONC2CCCC2C2CCCCN2)cc1. The summed E-state index contributed by atoms with van der Waals surface area (Å²) in [6.07, 6.45) is 7.97. The Labute approximate surface area is 122 Å². The molecule has 3 unspecified atom stereocenters. The molecule has 0 aromatic heterocycles. The average Bonchev–Trinajstić information content (AvgIpc) is 2.98. The van der Waals surface area contributed by atoms with E-state index in [1.807, 2.05) is 6.07 Å². The van der Waals surface area contributed by atoms with Gasteiger partial charge >= 0.3 is 0 Å². The number of piperidine rings is 1. The summed E-state index contributed by atoms with van der Waals surface area (Å²) in [6.45, 7) is 1.85. The molecular formula is C17H26N2O. The molecule has 1 saturated heterocycles. The Kier molecular flexibility index (Phi) is 5.06. The summed E-state index contributed by atoms with van der Waals surface area (Å²) in [5, 5.41) is 3.70. The van der Waals surface area contributed by atoms with E-state index in [2.05, 4.69) is 35.1 Å². The molecule has 2 fully saturated rings. The first-order chi connectivity index (χ1) is 9.93. The number of hydrogen-bond donors (Lipinski definition) is 2. The second-order valence-electron chi connectivity index (χ2n) is 6.15. The van der Waals surface area contributed by atoms with Crippen LogP contribution in [-0.2, 0) is 11.4 Å². The van der Waals surface area contributed by atoms with Crippen LogP contribution in [0.5, 0.6) is 0 Å². The fourth-order valence-corrected chi connectivity index (χ4v) is 3.67. The molecule has 1 aliphatic heterocycles. The second kappa shape index (κ2) is 7.21. The van der Waals surface area contributed by atoms with Gasteiger partial charge in [-0.1, -0.05) is 43.2 Å². The van der Waals surface area contributed by atoms with Crippen LogP contribution in [0.15, 0.2) is 30.3 Å². The molecule has 2 N–H and O–H groups in total. The van der Waals surface area contributed by atoms with Crippen LogP contribution in [0.3, 0.4) is 0 Å². The molecule has 3 atom stereocenters. The maximum atomic E-state index is 5.75. The minimum atomic E-state index is 0.523. The summed E-state index contributed by atoms with van der Waals surface area (Å²) < 4.78 is 0. The van der Waals surface area contributed by atoms with Gasteiger partial charge in [0, 0.05) is 12.1 Å². The Bertz CT molecular complexity index is 389. The van der Waals surface area contributed by atoms with E-state index in [9.17, 15) is 0 Å². The predicted octanol–water partition coefficient (Wildman–Crippen LogP) is 3.02. The van der Waals surface area contributed by atoms with E-state index in [0.29, 0.717) is 18.7 Å². The lowest BCUT2D eigenvalue weighted by Crippen LogP contribution is -2.46. The van der Waals surface area contributed by atoms with E-state index < -0.39 is 0 Å². The minimum absolute atomic E-state index is 0.523. The average molecular weight is 274 g/mol. The summed E-state index contributed by atoms with van der Waals surface area (Å²) in [5.74, 6) is 0.742. The predicted molar refractivity (Wildman–Crippen MR) is 81.1 cm³/mol. The largest absolute Gasteiger partial charge is 0.314 e. The highest BCUT2D eigenvalue weighted by Gasteiger charge is 2.34. The van der Waals surface area contributed by atoms with Crippen molar-refractivity contribution in [2.24, 2.45) is 5.92 Å². The zero-order chi connectivity index (χ0) is 13.6. The molecule has 3 rings (SSSR count). The Morgan fingerprint density at radius 1 is 1.05 bits per heavy atom. The topological polar surface area (TPSA) is 33.3 Å². The molecule has 0 spiro atoms. The molecule has 2 aliphatic rings. The normalized spacial score (nSPS) is 30.5. The standard InChI is InChI=1S/C17H26N2O/c1-2-7-14(8-3-1)13-20-19-17-11-6-9-15(17)16-10-4-5-12-18-16/h1-3,7-8,15-19H,4-6,9-13H2. The molecule has 110 valence electrons. The van der Waals surface area contributed by atoms with Gasteiger partial charge < -0.3 is 5.32 Å². The van der Waals surface area contributed by atoms with Crippen molar-refractivity contribution in [2.75, 3.05) is 6.54 Å². The van der Waals surface area contributed by atoms with Crippen molar-refractivity contribution in [3.63, 3.8) is 0 Å². The lowest BCUT2D eigenvalue weighted by atomic mass is 9.88. The van der Waals surface area contributed by atoms with Gasteiger partial charge in [0.25, 0.3) is 0 Å². The van der Waals surface area contributed by atoms with Crippen LogP contribution in [-0.4, -0.2) is 18.6 Å². The zero-order valence-electron chi connectivity index (χ0n) is 12.2. The van der Waals surface area contributed by atoms with Crippen LogP contribution in [0.25, 0.3) is 0 Å². The van der Waals surface area contributed by atoms with Crippen LogP contribution in [0, 0.1) is 5.92 Å². The molecule has 3 nitrogen and oxygen atoms in total. The van der Waals surface area contributed by atoms with Gasteiger partial charge in [0.1, 0.15) is 0 Å². The van der Waals surface area contributed by atoms with Crippen molar-refractivity contribution in [1.29, 1.82) is 0 Å². The molecule has 1 aromatic rings. The summed E-state index contributed by atoms with van der Waals surface area (Å²) in [6, 6.07) is 11.6. The summed E-state index contributed by atoms with van der Waals surface area (Å²) >= 11 is 0. The smallest absolute Gasteiger partial charge is 0.0933 e. The van der Waals surface area contributed by atoms with Gasteiger partial charge in [0.05, 0.1) is 6.61 Å². The molecule has 20 heavy (non-hydrogen) atoms. The number of hydrogen-bond acceptors (Lipinski definition) is 3. The van der Waals surface area contributed by atoms with Crippen molar-refractivity contribution in [3.8, 4) is 0 Å². The van der Waals surface area contributed by atoms with Crippen molar-refractivity contribution in [3.05, 3.63) is 35.9 Å². The van der Waals surface area contributed by atoms with Crippen molar-refractivity contribution < 1.29 is 4.84 Å². The molecular weight excluding hydrogens is 248 g/mol. The molecule has 1 aliphatic carbocycles. The first kappa shape index (κ1) is 14.1. The number of nitrogens with one attached hydrogen (secondary N) is 2. The van der Waals surface area contributed by atoms with Gasteiger partial charge in [0.2, 0.25) is 0 Å². The van der Waals surface area contributed by atoms with Gasteiger partial charge in [-0.2, -0.15) is 5.48 Å². The maximum Gasteiger partial charge on any atom is 0.0933 e. The number of rotatable bonds is 5. The molecule has 1 saturated carbocycles. The molecule has 1 heterocycles. The highest BCUT2D eigenvalue weighted by Crippen LogP contribution is 2.31. The monoisotopic (exact) mass is 274 g/mol. The van der Waals surface area contributed by atoms with Crippen LogP contribution in [0.4, 0.5) is 0 Å². The summed E-state index contributed by atoms with van der Waals surface area (Å²) in [5.41, 5.74) is 4.56. The first-order valence-corrected chi connectivity index (χ1v) is 8.08. The van der Waals surface area contributed by atoms with Crippen LogP contribution < -0.4 is 10.8 Å². The summed E-state index contributed by atoms with van der Waals surface area (Å²) in [7, 11) is 0.